The summed E-state index contributed by atoms with van der Waals surface area (Å²) in [6, 6.07) is 4.54. The lowest BCUT2D eigenvalue weighted by Crippen LogP contribution is -2.42. The van der Waals surface area contributed by atoms with Crippen LogP contribution in [0.5, 0.6) is 5.75 Å². The standard InChI is InChI=1S/C14H20Br2N2O/c1-2-18-5-3-11(4-6-18)17-9-10-7-12(15)14(19)13(16)8-10/h7-8,11,17,19H,2-6,9H2,1H3. The maximum atomic E-state index is 9.68. The number of hydrogen-bond acceptors (Lipinski definition) is 3. The molecular weight excluding hydrogens is 372 g/mol. The molecule has 5 heteroatoms. The van der Waals surface area contributed by atoms with Crippen LogP contribution < -0.4 is 5.32 Å². The molecule has 0 unspecified atom stereocenters. The number of phenolic OH excluding ortho intramolecular Hbond substituents is 1. The van der Waals surface area contributed by atoms with Crippen molar-refractivity contribution < 1.29 is 5.11 Å². The van der Waals surface area contributed by atoms with E-state index in [1.165, 1.54) is 31.5 Å². The van der Waals surface area contributed by atoms with E-state index in [0.29, 0.717) is 6.04 Å². The van der Waals surface area contributed by atoms with Crippen molar-refractivity contribution in [1.82, 2.24) is 10.2 Å². The molecule has 1 aliphatic rings. The number of rotatable bonds is 4. The second-order valence-electron chi connectivity index (χ2n) is 5.00. The predicted molar refractivity (Wildman–Crippen MR) is 85.5 cm³/mol. The second kappa shape index (κ2) is 7.07. The van der Waals surface area contributed by atoms with E-state index < -0.39 is 0 Å². The van der Waals surface area contributed by atoms with Crippen LogP contribution >= 0.6 is 31.9 Å². The number of phenols is 1. The van der Waals surface area contributed by atoms with Gasteiger partial charge in [-0.2, -0.15) is 0 Å². The molecule has 0 spiro atoms. The summed E-state index contributed by atoms with van der Waals surface area (Å²) in [6.45, 7) is 6.60. The Morgan fingerprint density at radius 2 is 1.84 bits per heavy atom. The van der Waals surface area contributed by atoms with Crippen molar-refractivity contribution in [3.63, 3.8) is 0 Å². The predicted octanol–water partition coefficient (Wildman–Crippen LogP) is 3.49. The molecule has 1 heterocycles. The van der Waals surface area contributed by atoms with E-state index in [2.05, 4.69) is 49.0 Å². The van der Waals surface area contributed by atoms with Gasteiger partial charge in [0.2, 0.25) is 0 Å². The van der Waals surface area contributed by atoms with Gasteiger partial charge in [-0.3, -0.25) is 0 Å². The van der Waals surface area contributed by atoms with E-state index in [9.17, 15) is 5.11 Å². The fourth-order valence-electron chi connectivity index (χ4n) is 2.44. The van der Waals surface area contributed by atoms with Crippen molar-refractivity contribution in [2.45, 2.75) is 32.4 Å². The first-order chi connectivity index (χ1) is 9.10. The number of hydrogen-bond donors (Lipinski definition) is 2. The number of likely N-dealkylation sites (tertiary alicyclic amines) is 1. The first kappa shape index (κ1) is 15.3. The van der Waals surface area contributed by atoms with Crippen LogP contribution in [0.15, 0.2) is 21.1 Å². The van der Waals surface area contributed by atoms with Gasteiger partial charge in [0.1, 0.15) is 5.75 Å². The molecule has 0 amide bonds. The van der Waals surface area contributed by atoms with Crippen LogP contribution in [-0.2, 0) is 6.54 Å². The van der Waals surface area contributed by atoms with Crippen molar-refractivity contribution in [3.05, 3.63) is 26.6 Å². The highest BCUT2D eigenvalue weighted by molar-refractivity contribution is 9.11. The minimum absolute atomic E-state index is 0.264. The molecule has 0 aliphatic carbocycles. The highest BCUT2D eigenvalue weighted by Gasteiger charge is 2.17. The first-order valence-electron chi connectivity index (χ1n) is 6.72. The van der Waals surface area contributed by atoms with Gasteiger partial charge in [0.15, 0.2) is 0 Å². The summed E-state index contributed by atoms with van der Waals surface area (Å²) in [5.41, 5.74) is 1.18. The van der Waals surface area contributed by atoms with Crippen molar-refractivity contribution in [2.24, 2.45) is 0 Å². The molecule has 0 atom stereocenters. The summed E-state index contributed by atoms with van der Waals surface area (Å²) in [5, 5.41) is 13.3. The summed E-state index contributed by atoms with van der Waals surface area (Å²) < 4.78 is 1.47. The molecule has 19 heavy (non-hydrogen) atoms. The second-order valence-corrected chi connectivity index (χ2v) is 6.71. The Bertz CT molecular complexity index is 408. The average Bonchev–Trinajstić information content (AvgIpc) is 2.43. The monoisotopic (exact) mass is 390 g/mol. The number of nitrogens with zero attached hydrogens (tertiary/aromatic N) is 1. The number of benzene rings is 1. The third-order valence-corrected chi connectivity index (χ3v) is 4.92. The van der Waals surface area contributed by atoms with Crippen LogP contribution in [0.2, 0.25) is 0 Å². The van der Waals surface area contributed by atoms with Crippen molar-refractivity contribution in [3.8, 4) is 5.75 Å². The summed E-state index contributed by atoms with van der Waals surface area (Å²) in [7, 11) is 0. The van der Waals surface area contributed by atoms with Gasteiger partial charge in [-0.25, -0.2) is 0 Å². The zero-order chi connectivity index (χ0) is 13.8. The molecule has 1 aromatic rings. The molecule has 1 saturated heterocycles. The third kappa shape index (κ3) is 4.18. The molecule has 2 rings (SSSR count). The van der Waals surface area contributed by atoms with Crippen LogP contribution in [0.3, 0.4) is 0 Å². The molecule has 0 radical (unpaired) electrons. The van der Waals surface area contributed by atoms with Crippen LogP contribution in [0.4, 0.5) is 0 Å². The van der Waals surface area contributed by atoms with Gasteiger partial charge in [0, 0.05) is 12.6 Å². The summed E-state index contributed by atoms with van der Waals surface area (Å²) in [4.78, 5) is 2.49. The van der Waals surface area contributed by atoms with E-state index in [4.69, 9.17) is 0 Å². The Labute approximate surface area is 131 Å². The molecule has 0 aromatic heterocycles. The number of piperidine rings is 1. The first-order valence-corrected chi connectivity index (χ1v) is 8.31. The number of aromatic hydroxyl groups is 1. The largest absolute Gasteiger partial charge is 0.506 e. The fourth-order valence-corrected chi connectivity index (χ4v) is 3.72. The van der Waals surface area contributed by atoms with Gasteiger partial charge >= 0.3 is 0 Å². The van der Waals surface area contributed by atoms with E-state index in [0.717, 1.165) is 22.0 Å². The molecule has 1 fully saturated rings. The molecule has 106 valence electrons. The lowest BCUT2D eigenvalue weighted by Gasteiger charge is -2.31. The van der Waals surface area contributed by atoms with Crippen molar-refractivity contribution in [2.75, 3.05) is 19.6 Å². The van der Waals surface area contributed by atoms with Crippen molar-refractivity contribution in [1.29, 1.82) is 0 Å². The van der Waals surface area contributed by atoms with Gasteiger partial charge in [-0.1, -0.05) is 6.92 Å². The Kier molecular flexibility index (Phi) is 5.69. The summed E-state index contributed by atoms with van der Waals surface area (Å²) in [5.74, 6) is 0.264. The molecule has 1 aliphatic heterocycles. The van der Waals surface area contributed by atoms with Gasteiger partial charge in [0.25, 0.3) is 0 Å². The van der Waals surface area contributed by atoms with Crippen LogP contribution in [0.25, 0.3) is 0 Å². The normalized spacial score (nSPS) is 17.8. The minimum atomic E-state index is 0.264. The molecule has 0 saturated carbocycles. The Morgan fingerprint density at radius 1 is 1.26 bits per heavy atom. The highest BCUT2D eigenvalue weighted by atomic mass is 79.9. The van der Waals surface area contributed by atoms with Gasteiger partial charge in [0.05, 0.1) is 8.95 Å². The van der Waals surface area contributed by atoms with Crippen LogP contribution in [0, 0.1) is 0 Å². The van der Waals surface area contributed by atoms with E-state index in [-0.39, 0.29) is 5.75 Å². The van der Waals surface area contributed by atoms with Crippen LogP contribution in [-0.4, -0.2) is 35.7 Å². The Balaban J connectivity index is 1.86. The van der Waals surface area contributed by atoms with Gasteiger partial charge in [-0.05, 0) is 82.0 Å². The maximum Gasteiger partial charge on any atom is 0.143 e. The Morgan fingerprint density at radius 3 is 2.37 bits per heavy atom. The number of halogens is 2. The molecule has 1 aromatic carbocycles. The van der Waals surface area contributed by atoms with E-state index >= 15 is 0 Å². The Hall–Kier alpha value is -0.100. The topological polar surface area (TPSA) is 35.5 Å². The highest BCUT2D eigenvalue weighted by Crippen LogP contribution is 2.33. The van der Waals surface area contributed by atoms with Crippen molar-refractivity contribution >= 4 is 31.9 Å². The smallest absolute Gasteiger partial charge is 0.143 e. The maximum absolute atomic E-state index is 9.68. The quantitative estimate of drug-likeness (QED) is 0.824. The molecule has 3 nitrogen and oxygen atoms in total. The molecule has 2 N–H and O–H groups in total. The van der Waals surface area contributed by atoms with Gasteiger partial charge < -0.3 is 15.3 Å². The summed E-state index contributed by atoms with van der Waals surface area (Å²) >= 11 is 6.73. The zero-order valence-electron chi connectivity index (χ0n) is 11.1. The molecule has 0 bridgehead atoms. The zero-order valence-corrected chi connectivity index (χ0v) is 14.3. The summed E-state index contributed by atoms with van der Waals surface area (Å²) in [6.07, 6.45) is 2.43. The van der Waals surface area contributed by atoms with Gasteiger partial charge in [-0.15, -0.1) is 0 Å². The SMILES string of the molecule is CCN1CCC(NCc2cc(Br)c(O)c(Br)c2)CC1. The average molecular weight is 392 g/mol. The third-order valence-electron chi connectivity index (χ3n) is 3.71. The van der Waals surface area contributed by atoms with Crippen LogP contribution in [0.1, 0.15) is 25.3 Å². The lowest BCUT2D eigenvalue weighted by molar-refractivity contribution is 0.206. The fraction of sp³-hybridized carbons (Fsp3) is 0.571. The lowest BCUT2D eigenvalue weighted by atomic mass is 10.0. The number of nitrogens with one attached hydrogen (secondary N) is 1. The minimum Gasteiger partial charge on any atom is -0.506 e. The van der Waals surface area contributed by atoms with E-state index in [1.54, 1.807) is 0 Å². The van der Waals surface area contributed by atoms with E-state index in [1.807, 2.05) is 12.1 Å². The molecular formula is C14H20Br2N2O.